The van der Waals surface area contributed by atoms with Crippen molar-refractivity contribution in [3.8, 4) is 0 Å². The van der Waals surface area contributed by atoms with Crippen LogP contribution in [0.15, 0.2) is 22.7 Å². The summed E-state index contributed by atoms with van der Waals surface area (Å²) in [6, 6.07) is 5.08. The summed E-state index contributed by atoms with van der Waals surface area (Å²) in [7, 11) is 0. The number of halogens is 1. The minimum atomic E-state index is -1.02. The molecular formula is C14H19BrN2O3. The van der Waals surface area contributed by atoms with Gasteiger partial charge in [0.1, 0.15) is 6.54 Å². The lowest BCUT2D eigenvalue weighted by Gasteiger charge is -2.23. The van der Waals surface area contributed by atoms with E-state index in [9.17, 15) is 9.59 Å². The number of nitrogens with one attached hydrogen (secondary N) is 1. The SMILES string of the molecule is Cc1c(Br)cccc1NC(=O)N(CC(=O)O)CC(C)C. The van der Waals surface area contributed by atoms with Crippen LogP contribution in [0.4, 0.5) is 10.5 Å². The van der Waals surface area contributed by atoms with Gasteiger partial charge in [0.25, 0.3) is 0 Å². The molecule has 0 aromatic heterocycles. The summed E-state index contributed by atoms with van der Waals surface area (Å²) in [5, 5.41) is 11.6. The molecular weight excluding hydrogens is 324 g/mol. The summed E-state index contributed by atoms with van der Waals surface area (Å²) < 4.78 is 0.893. The number of carbonyl (C=O) groups is 2. The number of aliphatic carboxylic acids is 1. The van der Waals surface area contributed by atoms with E-state index in [0.717, 1.165) is 10.0 Å². The van der Waals surface area contributed by atoms with Gasteiger partial charge < -0.3 is 15.3 Å². The third-order valence-electron chi connectivity index (χ3n) is 2.71. The van der Waals surface area contributed by atoms with Gasteiger partial charge in [-0.25, -0.2) is 4.79 Å². The van der Waals surface area contributed by atoms with Crippen molar-refractivity contribution in [2.24, 2.45) is 5.92 Å². The number of carboxylic acid groups (broad SMARTS) is 1. The molecule has 110 valence electrons. The number of benzene rings is 1. The lowest BCUT2D eigenvalue weighted by Crippen LogP contribution is -2.41. The molecule has 0 bridgehead atoms. The number of hydrogen-bond acceptors (Lipinski definition) is 2. The lowest BCUT2D eigenvalue weighted by molar-refractivity contribution is -0.137. The fourth-order valence-electron chi connectivity index (χ4n) is 1.76. The van der Waals surface area contributed by atoms with Crippen LogP contribution in [0, 0.1) is 12.8 Å². The first kappa shape index (κ1) is 16.5. The summed E-state index contributed by atoms with van der Waals surface area (Å²) in [5.41, 5.74) is 1.57. The van der Waals surface area contributed by atoms with Crippen LogP contribution in [0.5, 0.6) is 0 Å². The van der Waals surface area contributed by atoms with Gasteiger partial charge in [-0.15, -0.1) is 0 Å². The largest absolute Gasteiger partial charge is 0.480 e. The molecule has 0 heterocycles. The van der Waals surface area contributed by atoms with Gasteiger partial charge in [-0.2, -0.15) is 0 Å². The topological polar surface area (TPSA) is 69.6 Å². The fraction of sp³-hybridized carbons (Fsp3) is 0.429. The molecule has 0 aliphatic carbocycles. The number of anilines is 1. The molecule has 20 heavy (non-hydrogen) atoms. The van der Waals surface area contributed by atoms with E-state index in [4.69, 9.17) is 5.11 Å². The first-order chi connectivity index (χ1) is 9.31. The average Bonchev–Trinajstić information content (AvgIpc) is 2.33. The van der Waals surface area contributed by atoms with E-state index in [0.29, 0.717) is 12.2 Å². The molecule has 0 fully saturated rings. The van der Waals surface area contributed by atoms with E-state index in [-0.39, 0.29) is 12.5 Å². The second-order valence-electron chi connectivity index (χ2n) is 5.01. The standard InChI is InChI=1S/C14H19BrN2O3/c1-9(2)7-17(8-13(18)19)14(20)16-12-6-4-5-11(15)10(12)3/h4-6,9H,7-8H2,1-3H3,(H,16,20)(H,18,19). The monoisotopic (exact) mass is 342 g/mol. The Bertz CT molecular complexity index is 503. The minimum absolute atomic E-state index is 0.198. The Labute approximate surface area is 127 Å². The predicted molar refractivity (Wildman–Crippen MR) is 81.9 cm³/mol. The highest BCUT2D eigenvalue weighted by molar-refractivity contribution is 9.10. The van der Waals surface area contributed by atoms with E-state index in [1.165, 1.54) is 4.90 Å². The van der Waals surface area contributed by atoms with Crippen LogP contribution in [0.25, 0.3) is 0 Å². The van der Waals surface area contributed by atoms with Crippen molar-refractivity contribution in [1.29, 1.82) is 0 Å². The number of urea groups is 1. The van der Waals surface area contributed by atoms with Gasteiger partial charge >= 0.3 is 12.0 Å². The summed E-state index contributed by atoms with van der Waals surface area (Å²) in [5.74, 6) is -0.824. The molecule has 2 N–H and O–H groups in total. The van der Waals surface area contributed by atoms with E-state index in [1.54, 1.807) is 6.07 Å². The Morgan fingerprint density at radius 1 is 1.40 bits per heavy atom. The zero-order valence-electron chi connectivity index (χ0n) is 11.8. The first-order valence-corrected chi connectivity index (χ1v) is 7.13. The molecule has 1 rings (SSSR count). The van der Waals surface area contributed by atoms with Crippen LogP contribution in [0.1, 0.15) is 19.4 Å². The molecule has 0 saturated heterocycles. The predicted octanol–water partition coefficient (Wildman–Crippen LogP) is 3.33. The first-order valence-electron chi connectivity index (χ1n) is 6.34. The number of rotatable bonds is 5. The molecule has 0 saturated carbocycles. The normalized spacial score (nSPS) is 10.4. The zero-order chi connectivity index (χ0) is 15.3. The molecule has 0 radical (unpaired) electrons. The number of amides is 2. The van der Waals surface area contributed by atoms with Gasteiger partial charge in [0.05, 0.1) is 0 Å². The number of hydrogen-bond donors (Lipinski definition) is 2. The quantitative estimate of drug-likeness (QED) is 0.862. The zero-order valence-corrected chi connectivity index (χ0v) is 13.4. The van der Waals surface area contributed by atoms with Gasteiger partial charge in [0.2, 0.25) is 0 Å². The summed E-state index contributed by atoms with van der Waals surface area (Å²) >= 11 is 3.39. The maximum absolute atomic E-state index is 12.2. The fourth-order valence-corrected chi connectivity index (χ4v) is 2.13. The average molecular weight is 343 g/mol. The smallest absolute Gasteiger partial charge is 0.323 e. The summed E-state index contributed by atoms with van der Waals surface area (Å²) in [6.45, 7) is 5.84. The highest BCUT2D eigenvalue weighted by Crippen LogP contribution is 2.23. The van der Waals surface area contributed by atoms with Crippen molar-refractivity contribution in [2.75, 3.05) is 18.4 Å². The van der Waals surface area contributed by atoms with Crippen molar-refractivity contribution in [3.05, 3.63) is 28.2 Å². The molecule has 0 atom stereocenters. The van der Waals surface area contributed by atoms with E-state index in [1.807, 2.05) is 32.9 Å². The van der Waals surface area contributed by atoms with Gasteiger partial charge in [0.15, 0.2) is 0 Å². The Kier molecular flexibility index (Phi) is 6.01. The molecule has 6 heteroatoms. The van der Waals surface area contributed by atoms with Gasteiger partial charge in [-0.05, 0) is 30.5 Å². The van der Waals surface area contributed by atoms with Crippen molar-refractivity contribution < 1.29 is 14.7 Å². The van der Waals surface area contributed by atoms with Crippen LogP contribution >= 0.6 is 15.9 Å². The highest BCUT2D eigenvalue weighted by Gasteiger charge is 2.18. The second kappa shape index (κ2) is 7.28. The molecule has 1 aromatic rings. The van der Waals surface area contributed by atoms with Crippen molar-refractivity contribution in [2.45, 2.75) is 20.8 Å². The maximum atomic E-state index is 12.2. The molecule has 0 unspecified atom stereocenters. The summed E-state index contributed by atoms with van der Waals surface area (Å²) in [4.78, 5) is 24.3. The molecule has 2 amide bonds. The lowest BCUT2D eigenvalue weighted by atomic mass is 10.2. The highest BCUT2D eigenvalue weighted by atomic mass is 79.9. The molecule has 0 aliphatic heterocycles. The van der Waals surface area contributed by atoms with Gasteiger partial charge in [-0.3, -0.25) is 4.79 Å². The van der Waals surface area contributed by atoms with Crippen LogP contribution in [-0.2, 0) is 4.79 Å². The number of carbonyl (C=O) groups excluding carboxylic acids is 1. The summed E-state index contributed by atoms with van der Waals surface area (Å²) in [6.07, 6.45) is 0. The van der Waals surface area contributed by atoms with Crippen molar-refractivity contribution in [1.82, 2.24) is 4.90 Å². The van der Waals surface area contributed by atoms with Crippen molar-refractivity contribution in [3.63, 3.8) is 0 Å². The van der Waals surface area contributed by atoms with E-state index in [2.05, 4.69) is 21.2 Å². The molecule has 0 spiro atoms. The second-order valence-corrected chi connectivity index (χ2v) is 5.86. The molecule has 1 aromatic carbocycles. The van der Waals surface area contributed by atoms with E-state index >= 15 is 0 Å². The number of nitrogens with zero attached hydrogens (tertiary/aromatic N) is 1. The van der Waals surface area contributed by atoms with Crippen LogP contribution < -0.4 is 5.32 Å². The third-order valence-corrected chi connectivity index (χ3v) is 3.57. The third kappa shape index (κ3) is 4.85. The van der Waals surface area contributed by atoms with E-state index < -0.39 is 12.0 Å². The molecule has 0 aliphatic rings. The van der Waals surface area contributed by atoms with Crippen LogP contribution in [0.2, 0.25) is 0 Å². The minimum Gasteiger partial charge on any atom is -0.480 e. The van der Waals surface area contributed by atoms with Gasteiger partial charge in [-0.1, -0.05) is 35.8 Å². The van der Waals surface area contributed by atoms with Crippen LogP contribution in [-0.4, -0.2) is 35.1 Å². The van der Waals surface area contributed by atoms with Gasteiger partial charge in [0, 0.05) is 16.7 Å². The van der Waals surface area contributed by atoms with Crippen molar-refractivity contribution >= 4 is 33.6 Å². The Morgan fingerprint density at radius 2 is 2.05 bits per heavy atom. The Hall–Kier alpha value is -1.56. The number of carboxylic acids is 1. The maximum Gasteiger partial charge on any atom is 0.323 e. The Balaban J connectivity index is 2.84. The van der Waals surface area contributed by atoms with Crippen LogP contribution in [0.3, 0.4) is 0 Å². The molecule has 5 nitrogen and oxygen atoms in total. The Morgan fingerprint density at radius 3 is 2.60 bits per heavy atom.